The van der Waals surface area contributed by atoms with Gasteiger partial charge in [0.25, 0.3) is 0 Å². The molecule has 1 heterocycles. The van der Waals surface area contributed by atoms with E-state index in [4.69, 9.17) is 21.4 Å². The highest BCUT2D eigenvalue weighted by Gasteiger charge is 2.09. The van der Waals surface area contributed by atoms with Gasteiger partial charge in [-0.1, -0.05) is 11.6 Å². The molecule has 0 spiro atoms. The summed E-state index contributed by atoms with van der Waals surface area (Å²) < 4.78 is 5.62. The Morgan fingerprint density at radius 1 is 1.26 bits per heavy atom. The Morgan fingerprint density at radius 2 is 2.00 bits per heavy atom. The van der Waals surface area contributed by atoms with E-state index < -0.39 is 5.97 Å². The van der Waals surface area contributed by atoms with Crippen molar-refractivity contribution in [3.63, 3.8) is 0 Å². The van der Waals surface area contributed by atoms with Gasteiger partial charge in [-0.25, -0.2) is 9.78 Å². The van der Waals surface area contributed by atoms with E-state index in [0.717, 1.165) is 5.56 Å². The van der Waals surface area contributed by atoms with Crippen molar-refractivity contribution in [2.75, 3.05) is 0 Å². The number of aryl methyl sites for hydroxylation is 2. The fraction of sp³-hybridized carbons (Fsp3) is 0.143. The predicted octanol–water partition coefficient (Wildman–Crippen LogP) is 3.84. The molecule has 0 aliphatic carbocycles. The molecule has 0 radical (unpaired) electrons. The van der Waals surface area contributed by atoms with Crippen LogP contribution in [0.25, 0.3) is 0 Å². The maximum absolute atomic E-state index is 10.8. The van der Waals surface area contributed by atoms with E-state index in [9.17, 15) is 4.79 Å². The molecule has 0 fully saturated rings. The molecule has 19 heavy (non-hydrogen) atoms. The van der Waals surface area contributed by atoms with Gasteiger partial charge in [0, 0.05) is 16.8 Å². The molecular formula is C14H12ClNO3. The Kier molecular flexibility index (Phi) is 3.71. The average Bonchev–Trinajstić information content (AvgIpc) is 2.36. The van der Waals surface area contributed by atoms with Crippen LogP contribution < -0.4 is 4.74 Å². The summed E-state index contributed by atoms with van der Waals surface area (Å²) in [5, 5.41) is 9.53. The first-order valence-corrected chi connectivity index (χ1v) is 5.99. The fourth-order valence-electron chi connectivity index (χ4n) is 1.58. The molecule has 4 nitrogen and oxygen atoms in total. The lowest BCUT2D eigenvalue weighted by Gasteiger charge is -2.09. The lowest BCUT2D eigenvalue weighted by atomic mass is 10.2. The number of benzene rings is 1. The molecule has 1 aromatic heterocycles. The highest BCUT2D eigenvalue weighted by molar-refractivity contribution is 6.31. The summed E-state index contributed by atoms with van der Waals surface area (Å²) in [6.07, 6.45) is 1.27. The van der Waals surface area contributed by atoms with Gasteiger partial charge in [0.1, 0.15) is 5.75 Å². The van der Waals surface area contributed by atoms with Crippen LogP contribution >= 0.6 is 11.6 Å². The second-order valence-corrected chi connectivity index (χ2v) is 4.57. The number of pyridine rings is 1. The maximum atomic E-state index is 10.8. The number of rotatable bonds is 3. The SMILES string of the molecule is Cc1cc(Oc2ncc(C(=O)O)cc2C)ccc1Cl. The van der Waals surface area contributed by atoms with E-state index >= 15 is 0 Å². The van der Waals surface area contributed by atoms with Crippen molar-refractivity contribution in [1.82, 2.24) is 4.98 Å². The lowest BCUT2D eigenvalue weighted by molar-refractivity contribution is 0.0696. The molecule has 0 atom stereocenters. The number of nitrogens with zero attached hydrogens (tertiary/aromatic N) is 1. The van der Waals surface area contributed by atoms with Gasteiger partial charge in [-0.05, 0) is 43.7 Å². The zero-order chi connectivity index (χ0) is 14.0. The van der Waals surface area contributed by atoms with Gasteiger partial charge in [-0.3, -0.25) is 0 Å². The third kappa shape index (κ3) is 3.03. The molecule has 1 aromatic carbocycles. The summed E-state index contributed by atoms with van der Waals surface area (Å²) in [5.41, 5.74) is 1.70. The van der Waals surface area contributed by atoms with E-state index in [1.165, 1.54) is 12.3 Å². The average molecular weight is 278 g/mol. The standard InChI is InChI=1S/C14H12ClNO3/c1-8-6-11(3-4-12(8)15)19-13-9(2)5-10(7-16-13)14(17)18/h3-7H,1-2H3,(H,17,18). The minimum Gasteiger partial charge on any atom is -0.478 e. The van der Waals surface area contributed by atoms with Crippen LogP contribution in [-0.4, -0.2) is 16.1 Å². The quantitative estimate of drug-likeness (QED) is 0.926. The molecule has 98 valence electrons. The molecule has 2 rings (SSSR count). The smallest absolute Gasteiger partial charge is 0.337 e. The zero-order valence-corrected chi connectivity index (χ0v) is 11.2. The molecule has 5 heteroatoms. The molecule has 0 unspecified atom stereocenters. The van der Waals surface area contributed by atoms with Gasteiger partial charge in [0.05, 0.1) is 5.56 Å². The molecule has 0 saturated carbocycles. The first-order chi connectivity index (χ1) is 8.97. The lowest BCUT2D eigenvalue weighted by Crippen LogP contribution is -2.00. The highest BCUT2D eigenvalue weighted by Crippen LogP contribution is 2.26. The van der Waals surface area contributed by atoms with Crippen molar-refractivity contribution in [3.05, 3.63) is 52.2 Å². The summed E-state index contributed by atoms with van der Waals surface area (Å²) in [5.74, 6) is -0.0169. The van der Waals surface area contributed by atoms with Crippen LogP contribution in [0.4, 0.5) is 0 Å². The Morgan fingerprint density at radius 3 is 2.58 bits per heavy atom. The Hall–Kier alpha value is -2.07. The topological polar surface area (TPSA) is 59.4 Å². The predicted molar refractivity (Wildman–Crippen MR) is 72.2 cm³/mol. The molecule has 0 aliphatic rings. The minimum absolute atomic E-state index is 0.136. The van der Waals surface area contributed by atoms with Crippen molar-refractivity contribution < 1.29 is 14.6 Å². The maximum Gasteiger partial charge on any atom is 0.337 e. The monoisotopic (exact) mass is 277 g/mol. The Labute approximate surface area is 115 Å². The second-order valence-electron chi connectivity index (χ2n) is 4.16. The first kappa shape index (κ1) is 13.4. The highest BCUT2D eigenvalue weighted by atomic mass is 35.5. The normalized spacial score (nSPS) is 10.3. The number of hydrogen-bond acceptors (Lipinski definition) is 3. The van der Waals surface area contributed by atoms with Gasteiger partial charge in [-0.15, -0.1) is 0 Å². The second kappa shape index (κ2) is 5.28. The largest absolute Gasteiger partial charge is 0.478 e. The number of hydrogen-bond donors (Lipinski definition) is 1. The van der Waals surface area contributed by atoms with Crippen LogP contribution in [0.3, 0.4) is 0 Å². The molecular weight excluding hydrogens is 266 g/mol. The van der Waals surface area contributed by atoms with Gasteiger partial charge in [0.2, 0.25) is 5.88 Å². The van der Waals surface area contributed by atoms with Crippen LogP contribution in [0.15, 0.2) is 30.5 Å². The van der Waals surface area contributed by atoms with Crippen molar-refractivity contribution in [1.29, 1.82) is 0 Å². The van der Waals surface area contributed by atoms with Gasteiger partial charge >= 0.3 is 5.97 Å². The number of carbonyl (C=O) groups is 1. The molecule has 1 N–H and O–H groups in total. The summed E-state index contributed by atoms with van der Waals surface area (Å²) in [7, 11) is 0. The van der Waals surface area contributed by atoms with Crippen LogP contribution in [0.5, 0.6) is 11.6 Å². The zero-order valence-electron chi connectivity index (χ0n) is 10.5. The fourth-order valence-corrected chi connectivity index (χ4v) is 1.70. The number of ether oxygens (including phenoxy) is 1. The van der Waals surface area contributed by atoms with Crippen molar-refractivity contribution in [3.8, 4) is 11.6 Å². The molecule has 0 aliphatic heterocycles. The number of aromatic carboxylic acids is 1. The van der Waals surface area contributed by atoms with Crippen LogP contribution in [0, 0.1) is 13.8 Å². The molecule has 0 saturated heterocycles. The van der Waals surface area contributed by atoms with E-state index in [1.807, 2.05) is 6.92 Å². The molecule has 2 aromatic rings. The summed E-state index contributed by atoms with van der Waals surface area (Å²) in [6.45, 7) is 3.63. The van der Waals surface area contributed by atoms with Crippen molar-refractivity contribution in [2.24, 2.45) is 0 Å². The van der Waals surface area contributed by atoms with Crippen molar-refractivity contribution in [2.45, 2.75) is 13.8 Å². The number of carboxylic acids is 1. The van der Waals surface area contributed by atoms with E-state index in [2.05, 4.69) is 4.98 Å². The van der Waals surface area contributed by atoms with E-state index in [-0.39, 0.29) is 5.56 Å². The Balaban J connectivity index is 2.28. The molecule has 0 amide bonds. The van der Waals surface area contributed by atoms with E-state index in [1.54, 1.807) is 25.1 Å². The van der Waals surface area contributed by atoms with Gasteiger partial charge in [-0.2, -0.15) is 0 Å². The Bertz CT molecular complexity index is 641. The van der Waals surface area contributed by atoms with Crippen LogP contribution in [0.2, 0.25) is 5.02 Å². The van der Waals surface area contributed by atoms with Crippen LogP contribution in [0.1, 0.15) is 21.5 Å². The minimum atomic E-state index is -1.01. The summed E-state index contributed by atoms with van der Waals surface area (Å²) in [6, 6.07) is 6.80. The van der Waals surface area contributed by atoms with Crippen LogP contribution in [-0.2, 0) is 0 Å². The van der Waals surface area contributed by atoms with Gasteiger partial charge < -0.3 is 9.84 Å². The number of aromatic nitrogens is 1. The first-order valence-electron chi connectivity index (χ1n) is 5.61. The summed E-state index contributed by atoms with van der Waals surface area (Å²) >= 11 is 5.93. The van der Waals surface area contributed by atoms with Crippen molar-refractivity contribution >= 4 is 17.6 Å². The molecule has 0 bridgehead atoms. The summed E-state index contributed by atoms with van der Waals surface area (Å²) in [4.78, 5) is 14.8. The third-order valence-electron chi connectivity index (χ3n) is 2.62. The van der Waals surface area contributed by atoms with Gasteiger partial charge in [0.15, 0.2) is 0 Å². The number of halogens is 1. The van der Waals surface area contributed by atoms with E-state index in [0.29, 0.717) is 22.2 Å². The number of carboxylic acid groups (broad SMARTS) is 1. The third-order valence-corrected chi connectivity index (χ3v) is 3.05.